The van der Waals surface area contributed by atoms with Crippen LogP contribution in [0.25, 0.3) is 11.2 Å². The molecule has 168 valence electrons. The molecule has 0 saturated carbocycles. The minimum Gasteiger partial charge on any atom is -0.379 e. The molecular formula is C21H26N8O3. The van der Waals surface area contributed by atoms with Crippen molar-refractivity contribution in [2.75, 3.05) is 24.1 Å². The number of carbonyl (C=O) groups excluding carboxylic acids is 2. The summed E-state index contributed by atoms with van der Waals surface area (Å²) in [4.78, 5) is 49.7. The van der Waals surface area contributed by atoms with Gasteiger partial charge in [-0.15, -0.1) is 0 Å². The number of nitrogens with one attached hydrogen (secondary N) is 4. The molecule has 6 N–H and O–H groups in total. The number of nitrogens with zero attached hydrogens (tertiary/aromatic N) is 3. The van der Waals surface area contributed by atoms with E-state index in [4.69, 9.17) is 5.73 Å². The fraction of sp³-hybridized carbons (Fsp3) is 0.333. The molecule has 0 saturated heterocycles. The Balaban J connectivity index is 1.45. The van der Waals surface area contributed by atoms with Crippen LogP contribution in [0, 0.1) is 0 Å². The van der Waals surface area contributed by atoms with Crippen molar-refractivity contribution in [3.8, 4) is 0 Å². The van der Waals surface area contributed by atoms with E-state index in [0.717, 1.165) is 24.9 Å². The lowest BCUT2D eigenvalue weighted by atomic mass is 10.2. The Bertz CT molecular complexity index is 1140. The highest BCUT2D eigenvalue weighted by atomic mass is 16.2. The summed E-state index contributed by atoms with van der Waals surface area (Å²) in [7, 11) is 0. The number of unbranched alkanes of at least 4 members (excludes halogenated alkanes) is 2. The monoisotopic (exact) mass is 438 g/mol. The molecule has 11 heteroatoms. The van der Waals surface area contributed by atoms with Crippen LogP contribution in [0.5, 0.6) is 0 Å². The normalized spacial score (nSPS) is 10.7. The summed E-state index contributed by atoms with van der Waals surface area (Å²) in [6, 6.07) is 7.06. The van der Waals surface area contributed by atoms with Gasteiger partial charge in [-0.3, -0.25) is 19.4 Å². The third-order valence-corrected chi connectivity index (χ3v) is 4.62. The summed E-state index contributed by atoms with van der Waals surface area (Å²) in [5, 5.41) is 8.82. The van der Waals surface area contributed by atoms with E-state index in [1.807, 2.05) is 0 Å². The van der Waals surface area contributed by atoms with E-state index in [1.54, 1.807) is 24.3 Å². The first kappa shape index (κ1) is 22.7. The second-order valence-corrected chi connectivity index (χ2v) is 7.22. The van der Waals surface area contributed by atoms with Crippen LogP contribution in [-0.4, -0.2) is 44.8 Å². The van der Waals surface area contributed by atoms with E-state index in [1.165, 1.54) is 13.1 Å². The molecule has 0 aliphatic rings. The smallest absolute Gasteiger partial charge is 0.280 e. The van der Waals surface area contributed by atoms with Crippen molar-refractivity contribution >= 4 is 34.6 Å². The van der Waals surface area contributed by atoms with Gasteiger partial charge in [-0.25, -0.2) is 9.97 Å². The Hall–Kier alpha value is -4.02. The molecule has 2 heterocycles. The zero-order chi connectivity index (χ0) is 22.9. The number of fused-ring (bicyclic) bond motifs is 1. The number of aromatic amines is 1. The summed E-state index contributed by atoms with van der Waals surface area (Å²) in [5.74, 6) is -0.168. The van der Waals surface area contributed by atoms with Gasteiger partial charge in [0.1, 0.15) is 0 Å². The number of benzene rings is 1. The molecule has 11 nitrogen and oxygen atoms in total. The maximum Gasteiger partial charge on any atom is 0.280 e. The quantitative estimate of drug-likeness (QED) is 0.291. The van der Waals surface area contributed by atoms with E-state index in [2.05, 4.69) is 35.9 Å². The number of amides is 2. The highest BCUT2D eigenvalue weighted by Gasteiger charge is 2.08. The van der Waals surface area contributed by atoms with E-state index in [-0.39, 0.29) is 28.9 Å². The van der Waals surface area contributed by atoms with Crippen molar-refractivity contribution in [2.45, 2.75) is 32.7 Å². The van der Waals surface area contributed by atoms with Crippen molar-refractivity contribution < 1.29 is 9.59 Å². The number of carbonyl (C=O) groups is 2. The molecule has 0 bridgehead atoms. The van der Waals surface area contributed by atoms with Gasteiger partial charge >= 0.3 is 0 Å². The molecule has 3 rings (SSSR count). The molecule has 0 fully saturated rings. The van der Waals surface area contributed by atoms with Gasteiger partial charge in [0.25, 0.3) is 11.5 Å². The number of H-pyrrole nitrogens is 1. The summed E-state index contributed by atoms with van der Waals surface area (Å²) in [6.45, 7) is 3.08. The Morgan fingerprint density at radius 1 is 1.03 bits per heavy atom. The van der Waals surface area contributed by atoms with Crippen LogP contribution in [0.1, 0.15) is 42.2 Å². The fourth-order valence-corrected chi connectivity index (χ4v) is 2.98. The highest BCUT2D eigenvalue weighted by molar-refractivity contribution is 5.94. The largest absolute Gasteiger partial charge is 0.379 e. The number of hydrogen-bond donors (Lipinski definition) is 5. The molecule has 0 aliphatic carbocycles. The summed E-state index contributed by atoms with van der Waals surface area (Å²) in [6.07, 6.45) is 4.19. The van der Waals surface area contributed by atoms with Crippen LogP contribution in [-0.2, 0) is 11.3 Å². The van der Waals surface area contributed by atoms with Crippen molar-refractivity contribution in [1.29, 1.82) is 0 Å². The Morgan fingerprint density at radius 3 is 2.47 bits per heavy atom. The van der Waals surface area contributed by atoms with Crippen LogP contribution < -0.4 is 27.2 Å². The van der Waals surface area contributed by atoms with Crippen LogP contribution in [0.15, 0.2) is 35.3 Å². The third kappa shape index (κ3) is 6.49. The molecule has 0 spiro atoms. The molecule has 1 aromatic carbocycles. The summed E-state index contributed by atoms with van der Waals surface area (Å²) in [5.41, 5.74) is 7.31. The summed E-state index contributed by atoms with van der Waals surface area (Å²) >= 11 is 0. The van der Waals surface area contributed by atoms with Gasteiger partial charge in [0.2, 0.25) is 11.9 Å². The number of nitrogens with two attached hydrogens (primary N) is 1. The highest BCUT2D eigenvalue weighted by Crippen LogP contribution is 2.11. The molecule has 3 aromatic rings. The maximum absolute atomic E-state index is 12.2. The van der Waals surface area contributed by atoms with Crippen LogP contribution in [0.3, 0.4) is 0 Å². The van der Waals surface area contributed by atoms with Gasteiger partial charge in [-0.1, -0.05) is 0 Å². The molecule has 0 atom stereocenters. The molecule has 2 aromatic heterocycles. The number of anilines is 2. The van der Waals surface area contributed by atoms with Crippen molar-refractivity contribution in [3.05, 3.63) is 52.1 Å². The second-order valence-electron chi connectivity index (χ2n) is 7.22. The predicted molar refractivity (Wildman–Crippen MR) is 121 cm³/mol. The Morgan fingerprint density at radius 2 is 1.75 bits per heavy atom. The number of aromatic nitrogens is 4. The second kappa shape index (κ2) is 10.8. The molecule has 0 aliphatic heterocycles. The van der Waals surface area contributed by atoms with Crippen LogP contribution in [0.2, 0.25) is 0 Å². The van der Waals surface area contributed by atoms with Gasteiger partial charge in [0.05, 0.1) is 18.4 Å². The van der Waals surface area contributed by atoms with Gasteiger partial charge in [0, 0.05) is 31.3 Å². The summed E-state index contributed by atoms with van der Waals surface area (Å²) < 4.78 is 0. The van der Waals surface area contributed by atoms with Gasteiger partial charge in [0.15, 0.2) is 11.2 Å². The average Bonchev–Trinajstić information content (AvgIpc) is 2.77. The first-order valence-electron chi connectivity index (χ1n) is 10.3. The molecule has 32 heavy (non-hydrogen) atoms. The minimum absolute atomic E-state index is 0.00577. The lowest BCUT2D eigenvalue weighted by Gasteiger charge is -2.08. The van der Waals surface area contributed by atoms with E-state index in [9.17, 15) is 14.4 Å². The standard InChI is InChI=1S/C21H26N8O3/c1-13(30)23-9-3-2-4-10-24-19(31)14-5-7-15(8-6-14)25-11-16-12-26-18-17(27-16)20(32)29-21(22)28-18/h5-8,12,25H,2-4,9-11H2,1H3,(H,23,30)(H,24,31)(H3,22,26,28,29,32). The number of rotatable bonds is 10. The van der Waals surface area contributed by atoms with Crippen molar-refractivity contribution in [3.63, 3.8) is 0 Å². The van der Waals surface area contributed by atoms with Crippen molar-refractivity contribution in [1.82, 2.24) is 30.6 Å². The zero-order valence-electron chi connectivity index (χ0n) is 17.8. The zero-order valence-corrected chi connectivity index (χ0v) is 17.8. The Kier molecular flexibility index (Phi) is 7.68. The first-order valence-corrected chi connectivity index (χ1v) is 10.3. The van der Waals surface area contributed by atoms with Crippen LogP contribution >= 0.6 is 0 Å². The van der Waals surface area contributed by atoms with E-state index in [0.29, 0.717) is 30.9 Å². The van der Waals surface area contributed by atoms with E-state index < -0.39 is 5.56 Å². The minimum atomic E-state index is -0.440. The van der Waals surface area contributed by atoms with Crippen molar-refractivity contribution in [2.24, 2.45) is 0 Å². The topological polar surface area (TPSA) is 168 Å². The Labute approximate surface area is 184 Å². The fourth-order valence-electron chi connectivity index (χ4n) is 2.98. The van der Waals surface area contributed by atoms with Gasteiger partial charge in [-0.05, 0) is 43.5 Å². The average molecular weight is 438 g/mol. The lowest BCUT2D eigenvalue weighted by molar-refractivity contribution is -0.118. The van der Waals surface area contributed by atoms with E-state index >= 15 is 0 Å². The SMILES string of the molecule is CC(=O)NCCCCCNC(=O)c1ccc(NCc2cnc3nc(N)[nH]c(=O)c3n2)cc1. The number of nitrogen functional groups attached to an aromatic ring is 1. The molecule has 0 radical (unpaired) electrons. The number of hydrogen-bond acceptors (Lipinski definition) is 8. The molecule has 2 amide bonds. The molecule has 0 unspecified atom stereocenters. The van der Waals surface area contributed by atoms with Gasteiger partial charge < -0.3 is 21.7 Å². The first-order chi connectivity index (χ1) is 15.4. The van der Waals surface area contributed by atoms with Crippen LogP contribution in [0.4, 0.5) is 11.6 Å². The predicted octanol–water partition coefficient (Wildman–Crippen LogP) is 0.944. The maximum atomic E-state index is 12.2. The lowest BCUT2D eigenvalue weighted by Crippen LogP contribution is -2.25. The molecular weight excluding hydrogens is 412 g/mol. The van der Waals surface area contributed by atoms with Gasteiger partial charge in [-0.2, -0.15) is 4.98 Å². The third-order valence-electron chi connectivity index (χ3n) is 4.62.